The lowest BCUT2D eigenvalue weighted by Crippen LogP contribution is -2.32. The molecule has 1 N–H and O–H groups in total. The minimum Gasteiger partial charge on any atom is -0.400 e. The van der Waals surface area contributed by atoms with Gasteiger partial charge in [0.2, 0.25) is 0 Å². The van der Waals surface area contributed by atoms with Crippen LogP contribution in [-0.4, -0.2) is 53.4 Å². The molecule has 4 nitrogen and oxygen atoms in total. The predicted molar refractivity (Wildman–Crippen MR) is 51.9 cm³/mol. The van der Waals surface area contributed by atoms with Crippen LogP contribution in [0, 0.1) is 5.41 Å². The van der Waals surface area contributed by atoms with Gasteiger partial charge < -0.3 is 19.3 Å². The monoisotopic (exact) mass is 194 g/mol. The molecule has 0 unspecified atom stereocenters. The summed E-state index contributed by atoms with van der Waals surface area (Å²) in [6, 6.07) is 0. The molecule has 82 valence electrons. The minimum absolute atomic E-state index is 0.0156. The van der Waals surface area contributed by atoms with Crippen molar-refractivity contribution in [2.75, 3.05) is 48.3 Å². The molecule has 0 aliphatic carbocycles. The lowest BCUT2D eigenvalue weighted by Gasteiger charge is -2.26. The molecule has 0 aliphatic heterocycles. The molecule has 0 fully saturated rings. The van der Waals surface area contributed by atoms with Crippen LogP contribution in [0.25, 0.3) is 0 Å². The van der Waals surface area contributed by atoms with Gasteiger partial charge in [0.05, 0.1) is 19.8 Å². The average Bonchev–Trinajstić information content (AvgIpc) is 2.09. The van der Waals surface area contributed by atoms with E-state index in [2.05, 4.69) is 6.92 Å². The van der Waals surface area contributed by atoms with Gasteiger partial charge in [0.15, 0.2) is 0 Å². The van der Waals surface area contributed by atoms with E-state index in [1.807, 2.05) is 0 Å². The number of aliphatic hydroxyl groups is 1. The average molecular weight is 194 g/mol. The van der Waals surface area contributed by atoms with Crippen molar-refractivity contribution in [3.05, 3.63) is 0 Å². The van der Waals surface area contributed by atoms with Crippen LogP contribution < -0.4 is 0 Å². The Morgan fingerprint density at radius 2 is 1.08 bits per heavy atom. The highest BCUT2D eigenvalue weighted by Crippen LogP contribution is 2.16. The molecule has 0 aliphatic rings. The van der Waals surface area contributed by atoms with Gasteiger partial charge in [-0.05, 0) is 0 Å². The molecule has 0 spiro atoms. The summed E-state index contributed by atoms with van der Waals surface area (Å²) in [5, 5.41) is 7.00. The molecule has 0 saturated heterocycles. The molecular formula is C9H22O4. The minimum atomic E-state index is -0.0156. The molecule has 13 heavy (non-hydrogen) atoms. The maximum absolute atomic E-state index is 7.00. The van der Waals surface area contributed by atoms with Crippen LogP contribution in [-0.2, 0) is 14.2 Å². The molecule has 0 aromatic heterocycles. The molecule has 0 radical (unpaired) electrons. The quantitative estimate of drug-likeness (QED) is 0.670. The molecular weight excluding hydrogens is 172 g/mol. The van der Waals surface area contributed by atoms with Crippen molar-refractivity contribution in [2.24, 2.45) is 5.41 Å². The Labute approximate surface area is 80.8 Å². The molecule has 0 bridgehead atoms. The van der Waals surface area contributed by atoms with E-state index < -0.39 is 0 Å². The molecule has 0 amide bonds. The maximum atomic E-state index is 7.00. The Hall–Kier alpha value is -0.160. The summed E-state index contributed by atoms with van der Waals surface area (Å²) < 4.78 is 15.2. The van der Waals surface area contributed by atoms with Crippen molar-refractivity contribution >= 4 is 0 Å². The standard InChI is InChI=1S/C8H18O3.CH4O/c1-8(5-9-2,6-10-3)7-11-4;1-2/h5-7H2,1-4H3;2H,1H3. The summed E-state index contributed by atoms with van der Waals surface area (Å²) in [5.41, 5.74) is -0.0156. The Morgan fingerprint density at radius 3 is 1.23 bits per heavy atom. The molecule has 0 aromatic carbocycles. The zero-order valence-corrected chi connectivity index (χ0v) is 9.29. The summed E-state index contributed by atoms with van der Waals surface area (Å²) >= 11 is 0. The van der Waals surface area contributed by atoms with Crippen LogP contribution in [0.15, 0.2) is 0 Å². The predicted octanol–water partition coefficient (Wildman–Crippen LogP) is 0.540. The first-order chi connectivity index (χ1) is 6.18. The summed E-state index contributed by atoms with van der Waals surface area (Å²) in [6.45, 7) is 4.06. The van der Waals surface area contributed by atoms with Crippen LogP contribution >= 0.6 is 0 Å². The fourth-order valence-electron chi connectivity index (χ4n) is 1.17. The van der Waals surface area contributed by atoms with E-state index in [0.29, 0.717) is 19.8 Å². The summed E-state index contributed by atoms with van der Waals surface area (Å²) in [7, 11) is 6.05. The number of hydrogen-bond donors (Lipinski definition) is 1. The van der Waals surface area contributed by atoms with Gasteiger partial charge in [-0.25, -0.2) is 0 Å². The molecule has 4 heteroatoms. The number of hydrogen-bond acceptors (Lipinski definition) is 4. The number of rotatable bonds is 6. The smallest absolute Gasteiger partial charge is 0.0560 e. The van der Waals surface area contributed by atoms with Gasteiger partial charge in [0, 0.05) is 33.9 Å². The van der Waals surface area contributed by atoms with E-state index in [0.717, 1.165) is 7.11 Å². The second-order valence-corrected chi connectivity index (χ2v) is 3.11. The number of ether oxygens (including phenoxy) is 3. The zero-order valence-electron chi connectivity index (χ0n) is 9.29. The van der Waals surface area contributed by atoms with Crippen molar-refractivity contribution < 1.29 is 19.3 Å². The van der Waals surface area contributed by atoms with Gasteiger partial charge in [0.25, 0.3) is 0 Å². The topological polar surface area (TPSA) is 47.9 Å². The van der Waals surface area contributed by atoms with Gasteiger partial charge in [0.1, 0.15) is 0 Å². The Bertz CT molecular complexity index is 78.6. The van der Waals surface area contributed by atoms with Crippen LogP contribution in [0.3, 0.4) is 0 Å². The van der Waals surface area contributed by atoms with E-state index in [-0.39, 0.29) is 5.41 Å². The maximum Gasteiger partial charge on any atom is 0.0560 e. The van der Waals surface area contributed by atoms with Gasteiger partial charge in [-0.1, -0.05) is 6.92 Å². The van der Waals surface area contributed by atoms with Crippen LogP contribution in [0.1, 0.15) is 6.92 Å². The van der Waals surface area contributed by atoms with E-state index >= 15 is 0 Å². The summed E-state index contributed by atoms with van der Waals surface area (Å²) in [4.78, 5) is 0. The fourth-order valence-corrected chi connectivity index (χ4v) is 1.17. The highest BCUT2D eigenvalue weighted by atomic mass is 16.5. The highest BCUT2D eigenvalue weighted by molar-refractivity contribution is 4.72. The second-order valence-electron chi connectivity index (χ2n) is 3.11. The van der Waals surface area contributed by atoms with Crippen LogP contribution in [0.4, 0.5) is 0 Å². The Kier molecular flexibility index (Phi) is 11.7. The molecule has 0 heterocycles. The molecule has 0 saturated carbocycles. The Morgan fingerprint density at radius 1 is 0.846 bits per heavy atom. The fraction of sp³-hybridized carbons (Fsp3) is 1.00. The largest absolute Gasteiger partial charge is 0.400 e. The molecule has 0 atom stereocenters. The van der Waals surface area contributed by atoms with Crippen molar-refractivity contribution in [1.29, 1.82) is 0 Å². The first-order valence-electron chi connectivity index (χ1n) is 4.10. The molecule has 0 rings (SSSR count). The van der Waals surface area contributed by atoms with Crippen molar-refractivity contribution in [1.82, 2.24) is 0 Å². The third kappa shape index (κ3) is 8.18. The lowest BCUT2D eigenvalue weighted by molar-refractivity contribution is -0.0266. The first-order valence-corrected chi connectivity index (χ1v) is 4.10. The van der Waals surface area contributed by atoms with Crippen molar-refractivity contribution in [3.8, 4) is 0 Å². The second kappa shape index (κ2) is 9.92. The van der Waals surface area contributed by atoms with Gasteiger partial charge in [-0.3, -0.25) is 0 Å². The third-order valence-electron chi connectivity index (χ3n) is 1.48. The zero-order chi connectivity index (χ0) is 10.7. The van der Waals surface area contributed by atoms with E-state index in [1.54, 1.807) is 21.3 Å². The normalized spacial score (nSPS) is 10.6. The Balaban J connectivity index is 0. The summed E-state index contributed by atoms with van der Waals surface area (Å²) in [5.74, 6) is 0. The van der Waals surface area contributed by atoms with Crippen molar-refractivity contribution in [3.63, 3.8) is 0 Å². The first kappa shape index (κ1) is 15.3. The number of aliphatic hydroxyl groups excluding tert-OH is 1. The third-order valence-corrected chi connectivity index (χ3v) is 1.48. The van der Waals surface area contributed by atoms with Gasteiger partial charge in [-0.2, -0.15) is 0 Å². The molecule has 0 aromatic rings. The van der Waals surface area contributed by atoms with E-state index in [1.165, 1.54) is 0 Å². The SMILES string of the molecule is CO.COCC(C)(COC)COC. The highest BCUT2D eigenvalue weighted by Gasteiger charge is 2.23. The van der Waals surface area contributed by atoms with Gasteiger partial charge in [-0.15, -0.1) is 0 Å². The lowest BCUT2D eigenvalue weighted by atomic mass is 9.94. The van der Waals surface area contributed by atoms with Crippen LogP contribution in [0.2, 0.25) is 0 Å². The van der Waals surface area contributed by atoms with Gasteiger partial charge >= 0.3 is 0 Å². The van der Waals surface area contributed by atoms with E-state index in [4.69, 9.17) is 19.3 Å². The summed E-state index contributed by atoms with van der Waals surface area (Å²) in [6.07, 6.45) is 0. The van der Waals surface area contributed by atoms with E-state index in [9.17, 15) is 0 Å². The van der Waals surface area contributed by atoms with Crippen molar-refractivity contribution in [2.45, 2.75) is 6.92 Å². The number of methoxy groups -OCH3 is 3. The van der Waals surface area contributed by atoms with Crippen LogP contribution in [0.5, 0.6) is 0 Å².